The molecule has 1 saturated heterocycles. The van der Waals surface area contributed by atoms with Crippen molar-refractivity contribution in [3.63, 3.8) is 0 Å². The number of nitrogens with one attached hydrogen (secondary N) is 1. The van der Waals surface area contributed by atoms with E-state index in [4.69, 9.17) is 4.74 Å². The van der Waals surface area contributed by atoms with Gasteiger partial charge in [0.15, 0.2) is 11.6 Å². The molecule has 4 rings (SSSR count). The van der Waals surface area contributed by atoms with Gasteiger partial charge in [-0.3, -0.25) is 9.47 Å². The van der Waals surface area contributed by atoms with Crippen LogP contribution in [0.25, 0.3) is 11.0 Å². The summed E-state index contributed by atoms with van der Waals surface area (Å²) in [7, 11) is 1.78. The highest BCUT2D eigenvalue weighted by molar-refractivity contribution is 5.85. The molecule has 0 atom stereocenters. The molecule has 1 aromatic carbocycles. The van der Waals surface area contributed by atoms with Crippen LogP contribution in [0.1, 0.15) is 51.5 Å². The highest BCUT2D eigenvalue weighted by atomic mass is 35.5. The van der Waals surface area contributed by atoms with Crippen molar-refractivity contribution >= 4 is 23.4 Å². The van der Waals surface area contributed by atoms with Crippen molar-refractivity contribution in [1.29, 1.82) is 0 Å². The molecule has 1 aromatic heterocycles. The van der Waals surface area contributed by atoms with Gasteiger partial charge in [-0.05, 0) is 45.4 Å². The lowest BCUT2D eigenvalue weighted by Gasteiger charge is -2.48. The number of hydrogen-bond donors (Lipinski definition) is 1. The molecule has 1 aliphatic carbocycles. The van der Waals surface area contributed by atoms with Crippen molar-refractivity contribution < 1.29 is 13.5 Å². The lowest BCUT2D eigenvalue weighted by Crippen LogP contribution is -2.52. The third-order valence-electron chi connectivity index (χ3n) is 6.69. The number of benzene rings is 1. The van der Waals surface area contributed by atoms with E-state index in [0.29, 0.717) is 17.1 Å². The van der Waals surface area contributed by atoms with Crippen molar-refractivity contribution in [2.24, 2.45) is 0 Å². The lowest BCUT2D eigenvalue weighted by molar-refractivity contribution is -0.0146. The van der Waals surface area contributed by atoms with Gasteiger partial charge in [-0.2, -0.15) is 0 Å². The average molecular weight is 416 g/mol. The molecule has 5 nitrogen and oxygen atoms in total. The minimum absolute atomic E-state index is 0. The van der Waals surface area contributed by atoms with E-state index in [9.17, 15) is 13.6 Å². The second-order valence-electron chi connectivity index (χ2n) is 8.23. The van der Waals surface area contributed by atoms with Crippen LogP contribution in [0.15, 0.2) is 16.9 Å². The number of likely N-dealkylation sites (tertiary alicyclic amines) is 1. The summed E-state index contributed by atoms with van der Waals surface area (Å²) in [4.78, 5) is 17.6. The lowest BCUT2D eigenvalue weighted by atomic mass is 9.79. The number of methoxy groups -OCH3 is 1. The molecule has 1 N–H and O–H groups in total. The zero-order valence-corrected chi connectivity index (χ0v) is 17.2. The van der Waals surface area contributed by atoms with Gasteiger partial charge in [-0.15, -0.1) is 12.4 Å². The van der Waals surface area contributed by atoms with Gasteiger partial charge in [0.25, 0.3) is 0 Å². The summed E-state index contributed by atoms with van der Waals surface area (Å²) in [5.41, 5.74) is 0.691. The molecule has 0 radical (unpaired) electrons. The third kappa shape index (κ3) is 3.72. The molecule has 0 unspecified atom stereocenters. The van der Waals surface area contributed by atoms with Gasteiger partial charge in [-0.25, -0.2) is 13.6 Å². The molecule has 2 aliphatic rings. The predicted octanol–water partition coefficient (Wildman–Crippen LogP) is 4.01. The van der Waals surface area contributed by atoms with E-state index in [-0.39, 0.29) is 29.7 Å². The Bertz CT molecular complexity index is 881. The van der Waals surface area contributed by atoms with E-state index in [0.717, 1.165) is 63.7 Å². The average Bonchev–Trinajstić information content (AvgIpc) is 2.97. The first kappa shape index (κ1) is 21.3. The molecular weight excluding hydrogens is 388 g/mol. The maximum Gasteiger partial charge on any atom is 0.326 e. The second kappa shape index (κ2) is 8.13. The molecule has 156 valence electrons. The van der Waals surface area contributed by atoms with Crippen LogP contribution in [0.4, 0.5) is 8.78 Å². The molecule has 8 heteroatoms. The van der Waals surface area contributed by atoms with Crippen LogP contribution in [0.5, 0.6) is 0 Å². The summed E-state index contributed by atoms with van der Waals surface area (Å²) >= 11 is 0. The summed E-state index contributed by atoms with van der Waals surface area (Å²) < 4.78 is 34.3. The van der Waals surface area contributed by atoms with Crippen LogP contribution in [0.2, 0.25) is 0 Å². The molecule has 2 heterocycles. The minimum Gasteiger partial charge on any atom is -0.381 e. The van der Waals surface area contributed by atoms with Crippen LogP contribution in [-0.4, -0.2) is 46.3 Å². The largest absolute Gasteiger partial charge is 0.381 e. The first-order valence-corrected chi connectivity index (χ1v) is 9.78. The van der Waals surface area contributed by atoms with Gasteiger partial charge in [0, 0.05) is 43.9 Å². The van der Waals surface area contributed by atoms with Crippen molar-refractivity contribution in [2.75, 3.05) is 20.2 Å². The number of halogens is 3. The molecule has 2 aromatic rings. The van der Waals surface area contributed by atoms with E-state index in [1.807, 2.05) is 0 Å². The van der Waals surface area contributed by atoms with Gasteiger partial charge in [-0.1, -0.05) is 0 Å². The maximum atomic E-state index is 13.7. The Morgan fingerprint density at radius 2 is 1.71 bits per heavy atom. The van der Waals surface area contributed by atoms with Crippen LogP contribution >= 0.6 is 12.4 Å². The number of fused-ring (bicyclic) bond motifs is 1. The van der Waals surface area contributed by atoms with Crippen LogP contribution in [0.3, 0.4) is 0 Å². The molecule has 28 heavy (non-hydrogen) atoms. The molecule has 1 saturated carbocycles. The van der Waals surface area contributed by atoms with E-state index >= 15 is 0 Å². The fraction of sp³-hybridized carbons (Fsp3) is 0.650. The molecular formula is C20H28ClF2N3O2. The Kier molecular flexibility index (Phi) is 6.17. The first-order valence-electron chi connectivity index (χ1n) is 9.78. The van der Waals surface area contributed by atoms with Crippen molar-refractivity contribution in [1.82, 2.24) is 14.5 Å². The van der Waals surface area contributed by atoms with Crippen molar-refractivity contribution in [3.8, 4) is 0 Å². The Morgan fingerprint density at radius 1 is 1.11 bits per heavy atom. The summed E-state index contributed by atoms with van der Waals surface area (Å²) in [5, 5.41) is 0. The van der Waals surface area contributed by atoms with Crippen LogP contribution in [0, 0.1) is 11.6 Å². The van der Waals surface area contributed by atoms with Gasteiger partial charge >= 0.3 is 5.69 Å². The van der Waals surface area contributed by atoms with Crippen LogP contribution < -0.4 is 5.69 Å². The molecule has 1 aliphatic heterocycles. The Balaban J connectivity index is 0.00000225. The third-order valence-corrected chi connectivity index (χ3v) is 6.69. The quantitative estimate of drug-likeness (QED) is 0.823. The number of imidazole rings is 1. The number of piperidine rings is 1. The first-order chi connectivity index (χ1) is 12.9. The standard InChI is InChI=1S/C20H27F2N3O2.ClH/c1-20(7-3-14(27-2)4-8-20)24-9-5-13(6-10-24)25-18-12-16(22)15(21)11-17(18)23-19(25)26;/h11-14H,3-10H2,1-2H3,(H,23,26);1H. The minimum atomic E-state index is -0.940. The highest BCUT2D eigenvalue weighted by Gasteiger charge is 2.38. The zero-order valence-electron chi connectivity index (χ0n) is 16.3. The fourth-order valence-electron chi connectivity index (χ4n) is 4.91. The smallest absolute Gasteiger partial charge is 0.326 e. The van der Waals surface area contributed by atoms with Gasteiger partial charge in [0.05, 0.1) is 17.1 Å². The fourth-order valence-corrected chi connectivity index (χ4v) is 4.91. The van der Waals surface area contributed by atoms with E-state index < -0.39 is 11.6 Å². The topological polar surface area (TPSA) is 50.3 Å². The monoisotopic (exact) mass is 415 g/mol. The number of ether oxygens (including phenoxy) is 1. The number of aromatic amines is 1. The number of H-pyrrole nitrogens is 1. The molecule has 0 amide bonds. The second-order valence-corrected chi connectivity index (χ2v) is 8.23. The van der Waals surface area contributed by atoms with E-state index in [2.05, 4.69) is 16.8 Å². The van der Waals surface area contributed by atoms with Crippen molar-refractivity contribution in [3.05, 3.63) is 34.3 Å². The molecule has 0 bridgehead atoms. The normalized spacial score (nSPS) is 27.1. The van der Waals surface area contributed by atoms with Crippen LogP contribution in [-0.2, 0) is 4.74 Å². The summed E-state index contributed by atoms with van der Waals surface area (Å²) in [6, 6.07) is 2.20. The SMILES string of the molecule is COC1CCC(C)(N2CCC(n3c(=O)[nH]c4cc(F)c(F)cc43)CC2)CC1.Cl. The highest BCUT2D eigenvalue weighted by Crippen LogP contribution is 2.37. The van der Waals surface area contributed by atoms with Gasteiger partial charge < -0.3 is 9.72 Å². The van der Waals surface area contributed by atoms with E-state index in [1.54, 1.807) is 11.7 Å². The summed E-state index contributed by atoms with van der Waals surface area (Å²) in [6.07, 6.45) is 6.43. The molecule has 0 spiro atoms. The Hall–Kier alpha value is -1.44. The Morgan fingerprint density at radius 3 is 2.32 bits per heavy atom. The number of nitrogens with zero attached hydrogens (tertiary/aromatic N) is 2. The predicted molar refractivity (Wildman–Crippen MR) is 107 cm³/mol. The maximum absolute atomic E-state index is 13.7. The number of aromatic nitrogens is 2. The molecule has 2 fully saturated rings. The Labute approximate surface area is 169 Å². The number of rotatable bonds is 3. The van der Waals surface area contributed by atoms with Gasteiger partial charge in [0.2, 0.25) is 0 Å². The summed E-state index contributed by atoms with van der Waals surface area (Å²) in [6.45, 7) is 4.14. The van der Waals surface area contributed by atoms with E-state index in [1.165, 1.54) is 0 Å². The summed E-state index contributed by atoms with van der Waals surface area (Å²) in [5.74, 6) is -1.86. The van der Waals surface area contributed by atoms with Crippen molar-refractivity contribution in [2.45, 2.75) is 63.1 Å². The number of hydrogen-bond acceptors (Lipinski definition) is 3. The zero-order chi connectivity index (χ0) is 19.2. The van der Waals surface area contributed by atoms with Gasteiger partial charge in [0.1, 0.15) is 0 Å².